The molecule has 116 valence electrons. The Morgan fingerprint density at radius 1 is 1.59 bits per heavy atom. The van der Waals surface area contributed by atoms with E-state index in [4.69, 9.17) is 4.74 Å². The SMILES string of the molecule is CCOC(=O)Cc1csc(NN=Cc2ccc(F)cc2I)n1. The molecule has 0 spiro atoms. The van der Waals surface area contributed by atoms with Gasteiger partial charge in [0.05, 0.1) is 24.9 Å². The minimum Gasteiger partial charge on any atom is -0.466 e. The van der Waals surface area contributed by atoms with E-state index in [1.54, 1.807) is 24.6 Å². The lowest BCUT2D eigenvalue weighted by molar-refractivity contribution is -0.142. The van der Waals surface area contributed by atoms with E-state index in [9.17, 15) is 9.18 Å². The van der Waals surface area contributed by atoms with Gasteiger partial charge in [-0.15, -0.1) is 11.3 Å². The minimum absolute atomic E-state index is 0.144. The zero-order valence-corrected chi connectivity index (χ0v) is 14.7. The van der Waals surface area contributed by atoms with E-state index in [-0.39, 0.29) is 18.2 Å². The Bertz CT molecular complexity index is 690. The molecule has 1 N–H and O–H groups in total. The van der Waals surface area contributed by atoms with Crippen molar-refractivity contribution in [2.75, 3.05) is 12.0 Å². The van der Waals surface area contributed by atoms with Crippen LogP contribution in [0, 0.1) is 9.39 Å². The van der Waals surface area contributed by atoms with Gasteiger partial charge in [-0.3, -0.25) is 10.2 Å². The molecule has 1 aromatic carbocycles. The van der Waals surface area contributed by atoms with Gasteiger partial charge < -0.3 is 4.74 Å². The third kappa shape index (κ3) is 5.02. The normalized spacial score (nSPS) is 10.9. The average molecular weight is 433 g/mol. The molecule has 0 atom stereocenters. The van der Waals surface area contributed by atoms with Gasteiger partial charge in [-0.1, -0.05) is 0 Å². The molecule has 0 unspecified atom stereocenters. The zero-order chi connectivity index (χ0) is 15.9. The number of thiazole rings is 1. The lowest BCUT2D eigenvalue weighted by Crippen LogP contribution is -2.07. The van der Waals surface area contributed by atoms with Crippen LogP contribution < -0.4 is 5.43 Å². The van der Waals surface area contributed by atoms with Crippen molar-refractivity contribution in [3.63, 3.8) is 0 Å². The Morgan fingerprint density at radius 3 is 3.14 bits per heavy atom. The van der Waals surface area contributed by atoms with Crippen LogP contribution in [0.25, 0.3) is 0 Å². The number of rotatable bonds is 6. The van der Waals surface area contributed by atoms with Crippen LogP contribution in [0.4, 0.5) is 9.52 Å². The van der Waals surface area contributed by atoms with Gasteiger partial charge >= 0.3 is 5.97 Å². The fourth-order valence-corrected chi connectivity index (χ4v) is 2.84. The molecule has 0 aliphatic heterocycles. The molecule has 2 aromatic rings. The third-order valence-corrected chi connectivity index (χ3v) is 4.24. The Labute approximate surface area is 144 Å². The quantitative estimate of drug-likeness (QED) is 0.328. The maximum absolute atomic E-state index is 13.0. The van der Waals surface area contributed by atoms with Crippen molar-refractivity contribution in [1.82, 2.24) is 4.98 Å². The number of halogens is 2. The van der Waals surface area contributed by atoms with E-state index in [2.05, 4.69) is 15.5 Å². The highest BCUT2D eigenvalue weighted by atomic mass is 127. The predicted octanol–water partition coefficient (Wildman–Crippen LogP) is 3.44. The van der Waals surface area contributed by atoms with E-state index in [1.807, 2.05) is 22.6 Å². The molecule has 1 aromatic heterocycles. The summed E-state index contributed by atoms with van der Waals surface area (Å²) in [6.07, 6.45) is 1.74. The average Bonchev–Trinajstić information content (AvgIpc) is 2.89. The standard InChI is InChI=1S/C14H13FIN3O2S/c1-2-21-13(20)6-11-8-22-14(18-11)19-17-7-9-3-4-10(15)5-12(9)16/h3-5,7-8H,2,6H2,1H3,(H,18,19). The fraction of sp³-hybridized carbons (Fsp3) is 0.214. The van der Waals surface area contributed by atoms with Crippen molar-refractivity contribution in [3.8, 4) is 0 Å². The number of benzene rings is 1. The van der Waals surface area contributed by atoms with Crippen LogP contribution in [0.1, 0.15) is 18.2 Å². The molecular formula is C14H13FIN3O2S. The van der Waals surface area contributed by atoms with Crippen molar-refractivity contribution >= 4 is 51.2 Å². The van der Waals surface area contributed by atoms with Gasteiger partial charge in [0.2, 0.25) is 5.13 Å². The van der Waals surface area contributed by atoms with Crippen LogP contribution in [0.3, 0.4) is 0 Å². The van der Waals surface area contributed by atoms with E-state index < -0.39 is 0 Å². The van der Waals surface area contributed by atoms with Crippen LogP contribution in [0.15, 0.2) is 28.7 Å². The number of esters is 1. The number of carbonyl (C=O) groups is 1. The van der Waals surface area contributed by atoms with Crippen LogP contribution in [-0.2, 0) is 16.0 Å². The van der Waals surface area contributed by atoms with E-state index in [1.165, 1.54) is 23.5 Å². The molecule has 22 heavy (non-hydrogen) atoms. The summed E-state index contributed by atoms with van der Waals surface area (Å²) < 4.78 is 18.6. The molecule has 1 heterocycles. The molecule has 0 saturated carbocycles. The first-order valence-electron chi connectivity index (χ1n) is 6.42. The van der Waals surface area contributed by atoms with E-state index >= 15 is 0 Å². The molecule has 0 saturated heterocycles. The number of nitrogens with zero attached hydrogens (tertiary/aromatic N) is 2. The number of carbonyl (C=O) groups excluding carboxylic acids is 1. The predicted molar refractivity (Wildman–Crippen MR) is 92.8 cm³/mol. The summed E-state index contributed by atoms with van der Waals surface area (Å²) in [5, 5.41) is 6.41. The first kappa shape index (κ1) is 16.8. The molecule has 8 heteroatoms. The van der Waals surface area contributed by atoms with Crippen molar-refractivity contribution < 1.29 is 13.9 Å². The first-order valence-corrected chi connectivity index (χ1v) is 8.38. The topological polar surface area (TPSA) is 63.6 Å². The summed E-state index contributed by atoms with van der Waals surface area (Å²) in [7, 11) is 0. The van der Waals surface area contributed by atoms with Crippen LogP contribution in [-0.4, -0.2) is 23.8 Å². The number of hydrogen-bond acceptors (Lipinski definition) is 6. The van der Waals surface area contributed by atoms with E-state index in [0.29, 0.717) is 17.4 Å². The smallest absolute Gasteiger partial charge is 0.311 e. The Morgan fingerprint density at radius 2 is 2.41 bits per heavy atom. The van der Waals surface area contributed by atoms with Gasteiger partial charge in [0.15, 0.2) is 0 Å². The molecule has 2 rings (SSSR count). The maximum Gasteiger partial charge on any atom is 0.311 e. The molecular weight excluding hydrogens is 420 g/mol. The lowest BCUT2D eigenvalue weighted by atomic mass is 10.2. The van der Waals surface area contributed by atoms with Gasteiger partial charge in [-0.05, 0) is 47.7 Å². The van der Waals surface area contributed by atoms with Gasteiger partial charge in [0.1, 0.15) is 5.82 Å². The summed E-state index contributed by atoms with van der Waals surface area (Å²) in [4.78, 5) is 15.6. The summed E-state index contributed by atoms with van der Waals surface area (Å²) in [5.41, 5.74) is 4.23. The Balaban J connectivity index is 1.93. The van der Waals surface area contributed by atoms with Crippen molar-refractivity contribution in [3.05, 3.63) is 44.2 Å². The van der Waals surface area contributed by atoms with E-state index in [0.717, 1.165) is 9.13 Å². The molecule has 0 aliphatic rings. The summed E-state index contributed by atoms with van der Waals surface area (Å²) in [5.74, 6) is -0.582. The number of aromatic nitrogens is 1. The second-order valence-electron chi connectivity index (χ2n) is 4.16. The van der Waals surface area contributed by atoms with Gasteiger partial charge in [0.25, 0.3) is 0 Å². The van der Waals surface area contributed by atoms with Crippen molar-refractivity contribution in [2.45, 2.75) is 13.3 Å². The summed E-state index contributed by atoms with van der Waals surface area (Å²) in [6, 6.07) is 4.46. The number of hydrogen-bond donors (Lipinski definition) is 1. The number of nitrogens with one attached hydrogen (secondary N) is 1. The minimum atomic E-state index is -0.302. The van der Waals surface area contributed by atoms with Gasteiger partial charge in [0, 0.05) is 14.5 Å². The summed E-state index contributed by atoms with van der Waals surface area (Å²) in [6.45, 7) is 2.12. The lowest BCUT2D eigenvalue weighted by Gasteiger charge is -1.99. The van der Waals surface area contributed by atoms with Crippen molar-refractivity contribution in [1.29, 1.82) is 0 Å². The zero-order valence-electron chi connectivity index (χ0n) is 11.7. The van der Waals surface area contributed by atoms with Gasteiger partial charge in [-0.25, -0.2) is 9.37 Å². The van der Waals surface area contributed by atoms with Crippen LogP contribution in [0.5, 0.6) is 0 Å². The molecule has 0 fully saturated rings. The number of hydrazone groups is 1. The second-order valence-corrected chi connectivity index (χ2v) is 6.18. The van der Waals surface area contributed by atoms with Crippen LogP contribution in [0.2, 0.25) is 0 Å². The maximum atomic E-state index is 13.0. The largest absolute Gasteiger partial charge is 0.466 e. The Hall–Kier alpha value is -1.55. The molecule has 0 bridgehead atoms. The third-order valence-electron chi connectivity index (χ3n) is 2.51. The molecule has 0 aliphatic carbocycles. The highest BCUT2D eigenvalue weighted by Crippen LogP contribution is 2.16. The summed E-state index contributed by atoms with van der Waals surface area (Å²) >= 11 is 3.39. The highest BCUT2D eigenvalue weighted by molar-refractivity contribution is 14.1. The first-order chi connectivity index (χ1) is 10.6. The van der Waals surface area contributed by atoms with Crippen LogP contribution >= 0.6 is 33.9 Å². The fourth-order valence-electron chi connectivity index (χ4n) is 1.56. The number of anilines is 1. The van der Waals surface area contributed by atoms with Crippen molar-refractivity contribution in [2.24, 2.45) is 5.10 Å². The second kappa shape index (κ2) is 8.18. The molecule has 0 radical (unpaired) electrons. The Kier molecular flexibility index (Phi) is 6.25. The highest BCUT2D eigenvalue weighted by Gasteiger charge is 2.07. The molecule has 5 nitrogen and oxygen atoms in total. The molecule has 0 amide bonds. The number of ether oxygens (including phenoxy) is 1. The monoisotopic (exact) mass is 433 g/mol. The van der Waals surface area contributed by atoms with Gasteiger partial charge in [-0.2, -0.15) is 5.10 Å².